The molecule has 8 atom stereocenters. The van der Waals surface area contributed by atoms with Crippen molar-refractivity contribution in [2.24, 2.45) is 46.3 Å². The number of hydrogen-bond acceptors (Lipinski definition) is 8. The van der Waals surface area contributed by atoms with E-state index < -0.39 is 0 Å². The molecule has 8 nitrogen and oxygen atoms in total. The van der Waals surface area contributed by atoms with Gasteiger partial charge in [0.05, 0.1) is 98.6 Å². The molecule has 0 aromatic rings. The van der Waals surface area contributed by atoms with Crippen LogP contribution >= 0.6 is 0 Å². The summed E-state index contributed by atoms with van der Waals surface area (Å²) in [4.78, 5) is 0. The molecule has 0 aliphatic heterocycles. The monoisotopic (exact) mass is 695 g/mol. The lowest BCUT2D eigenvalue weighted by Gasteiger charge is -2.58. The lowest BCUT2D eigenvalue weighted by molar-refractivity contribution is -0.0692. The Morgan fingerprint density at radius 2 is 1.24 bits per heavy atom. The lowest BCUT2D eigenvalue weighted by Crippen LogP contribution is -2.51. The quantitative estimate of drug-likeness (QED) is 0.0736. The Kier molecular flexibility index (Phi) is 18.3. The number of aliphatic hydroxyl groups is 1. The summed E-state index contributed by atoms with van der Waals surface area (Å²) in [5.74, 6) is 5.32. The molecule has 8 heteroatoms. The molecular formula is C41H74O8. The zero-order chi connectivity index (χ0) is 35.0. The molecule has 0 aromatic carbocycles. The van der Waals surface area contributed by atoms with Gasteiger partial charge in [0.15, 0.2) is 0 Å². The highest BCUT2D eigenvalue weighted by atomic mass is 16.6. The largest absolute Gasteiger partial charge is 0.394 e. The highest BCUT2D eigenvalue weighted by Gasteiger charge is 2.59. The number of hydrogen-bond donors (Lipinski definition) is 1. The summed E-state index contributed by atoms with van der Waals surface area (Å²) in [7, 11) is 0. The van der Waals surface area contributed by atoms with Gasteiger partial charge in [-0.05, 0) is 97.7 Å². The third kappa shape index (κ3) is 12.2. The maximum Gasteiger partial charge on any atom is 0.0704 e. The van der Waals surface area contributed by atoms with E-state index in [4.69, 9.17) is 38.3 Å². The minimum absolute atomic E-state index is 0.0376. The number of ether oxygens (including phenoxy) is 7. The molecule has 4 aliphatic rings. The first-order valence-corrected chi connectivity index (χ1v) is 20.2. The van der Waals surface area contributed by atoms with E-state index in [1.165, 1.54) is 64.2 Å². The Morgan fingerprint density at radius 1 is 0.673 bits per heavy atom. The van der Waals surface area contributed by atoms with Gasteiger partial charge in [0.1, 0.15) is 0 Å². The Morgan fingerprint density at radius 3 is 1.82 bits per heavy atom. The molecule has 0 saturated heterocycles. The van der Waals surface area contributed by atoms with E-state index in [0.717, 1.165) is 41.9 Å². The van der Waals surface area contributed by atoms with Crippen molar-refractivity contribution in [2.75, 3.05) is 92.5 Å². The maximum atomic E-state index is 8.63. The van der Waals surface area contributed by atoms with E-state index in [-0.39, 0.29) is 6.61 Å². The molecule has 4 rings (SSSR count). The molecule has 0 spiro atoms. The van der Waals surface area contributed by atoms with Gasteiger partial charge in [-0.15, -0.1) is 0 Å². The van der Waals surface area contributed by atoms with Crippen molar-refractivity contribution < 1.29 is 38.3 Å². The Labute approximate surface area is 299 Å². The molecule has 3 fully saturated rings. The van der Waals surface area contributed by atoms with Gasteiger partial charge >= 0.3 is 0 Å². The first-order valence-electron chi connectivity index (χ1n) is 20.2. The van der Waals surface area contributed by atoms with Gasteiger partial charge in [-0.25, -0.2) is 0 Å². The van der Waals surface area contributed by atoms with Crippen molar-refractivity contribution in [2.45, 2.75) is 111 Å². The van der Waals surface area contributed by atoms with E-state index in [1.807, 2.05) is 0 Å². The molecule has 0 aromatic heterocycles. The van der Waals surface area contributed by atoms with Crippen molar-refractivity contribution >= 4 is 0 Å². The van der Waals surface area contributed by atoms with Crippen molar-refractivity contribution in [1.82, 2.24) is 0 Å². The smallest absolute Gasteiger partial charge is 0.0704 e. The highest BCUT2D eigenvalue weighted by Crippen LogP contribution is 2.67. The zero-order valence-electron chi connectivity index (χ0n) is 32.1. The van der Waals surface area contributed by atoms with Crippen molar-refractivity contribution in [3.8, 4) is 0 Å². The van der Waals surface area contributed by atoms with Crippen LogP contribution in [0.5, 0.6) is 0 Å². The fraction of sp³-hybridized carbons (Fsp3) is 0.951. The molecular weight excluding hydrogens is 620 g/mol. The molecule has 4 aliphatic carbocycles. The fourth-order valence-corrected chi connectivity index (χ4v) is 10.3. The standard InChI is InChI=1S/C41H74O8/c1-32(2)7-6-8-33(3)37-11-12-38-36-10-9-34-31-35(13-15-40(34,4)39(36)14-16-41(37,38)5)49-30-29-48-28-27-47-26-25-46-24-23-45-22-21-44-20-19-43-18-17-42/h9,32-33,35-39,42H,6-8,10-31H2,1-5H3/t33-,35-,36+,37-,38+,39+,40+,41-/m1/s1. The van der Waals surface area contributed by atoms with Gasteiger partial charge in [-0.3, -0.25) is 0 Å². The Bertz CT molecular complexity index is 927. The summed E-state index contributed by atoms with van der Waals surface area (Å²) in [5, 5.41) is 8.63. The Balaban J connectivity index is 1.02. The molecule has 286 valence electrons. The van der Waals surface area contributed by atoms with E-state index in [9.17, 15) is 0 Å². The maximum absolute atomic E-state index is 8.63. The van der Waals surface area contributed by atoms with Crippen LogP contribution in [0.1, 0.15) is 105 Å². The van der Waals surface area contributed by atoms with Gasteiger partial charge in [-0.1, -0.05) is 65.5 Å². The second-order valence-corrected chi connectivity index (χ2v) is 16.4. The number of rotatable bonds is 26. The second kappa shape index (κ2) is 21.8. The summed E-state index contributed by atoms with van der Waals surface area (Å²) in [6.07, 6.45) is 17.9. The van der Waals surface area contributed by atoms with E-state index in [0.29, 0.717) is 103 Å². The van der Waals surface area contributed by atoms with Gasteiger partial charge in [0.25, 0.3) is 0 Å². The third-order valence-corrected chi connectivity index (χ3v) is 12.9. The van der Waals surface area contributed by atoms with Crippen LogP contribution in [0.2, 0.25) is 0 Å². The van der Waals surface area contributed by atoms with Crippen LogP contribution in [-0.2, 0) is 33.2 Å². The highest BCUT2D eigenvalue weighted by molar-refractivity contribution is 5.25. The number of allylic oxidation sites excluding steroid dienone is 1. The number of fused-ring (bicyclic) bond motifs is 5. The molecule has 49 heavy (non-hydrogen) atoms. The van der Waals surface area contributed by atoms with Gasteiger partial charge in [0.2, 0.25) is 0 Å². The van der Waals surface area contributed by atoms with E-state index >= 15 is 0 Å². The predicted molar refractivity (Wildman–Crippen MR) is 195 cm³/mol. The van der Waals surface area contributed by atoms with Crippen LogP contribution in [0.25, 0.3) is 0 Å². The third-order valence-electron chi connectivity index (χ3n) is 12.9. The van der Waals surface area contributed by atoms with Crippen molar-refractivity contribution in [3.05, 3.63) is 11.6 Å². The average Bonchev–Trinajstić information content (AvgIpc) is 3.44. The van der Waals surface area contributed by atoms with E-state index in [1.54, 1.807) is 5.57 Å². The van der Waals surface area contributed by atoms with Gasteiger partial charge in [0, 0.05) is 0 Å². The molecule has 0 bridgehead atoms. The molecule has 3 saturated carbocycles. The minimum Gasteiger partial charge on any atom is -0.394 e. The average molecular weight is 695 g/mol. The Hall–Kier alpha value is -0.580. The van der Waals surface area contributed by atoms with Crippen molar-refractivity contribution in [1.29, 1.82) is 0 Å². The molecule has 0 radical (unpaired) electrons. The van der Waals surface area contributed by atoms with Crippen LogP contribution in [0.3, 0.4) is 0 Å². The fourth-order valence-electron chi connectivity index (χ4n) is 10.3. The first kappa shape index (κ1) is 41.2. The van der Waals surface area contributed by atoms with Gasteiger partial charge < -0.3 is 38.3 Å². The van der Waals surface area contributed by atoms with E-state index in [2.05, 4.69) is 40.7 Å². The topological polar surface area (TPSA) is 84.8 Å². The normalized spacial score (nSPS) is 31.7. The molecule has 0 unspecified atom stereocenters. The zero-order valence-corrected chi connectivity index (χ0v) is 32.1. The summed E-state index contributed by atoms with van der Waals surface area (Å²) in [6, 6.07) is 0. The van der Waals surface area contributed by atoms with Crippen LogP contribution in [-0.4, -0.2) is 104 Å². The number of aliphatic hydroxyl groups excluding tert-OH is 1. The second-order valence-electron chi connectivity index (χ2n) is 16.4. The summed E-state index contributed by atoms with van der Waals surface area (Å²) in [6.45, 7) is 19.7. The SMILES string of the molecule is CC(C)CCC[C@@H](C)[C@H]1CC[C@H]2[C@@H]3CC=C4C[C@H](OCCOCCOCCOCCOCCOCCOCCO)CC[C@]4(C)[C@H]3CC[C@]12C. The minimum atomic E-state index is 0.0376. The van der Waals surface area contributed by atoms with Crippen LogP contribution in [0.4, 0.5) is 0 Å². The van der Waals surface area contributed by atoms with Crippen LogP contribution in [0.15, 0.2) is 11.6 Å². The van der Waals surface area contributed by atoms with Crippen molar-refractivity contribution in [3.63, 3.8) is 0 Å². The first-order chi connectivity index (χ1) is 23.8. The molecule has 0 amide bonds. The van der Waals surface area contributed by atoms with Gasteiger partial charge in [-0.2, -0.15) is 0 Å². The summed E-state index contributed by atoms with van der Waals surface area (Å²) < 4.78 is 39.3. The lowest BCUT2D eigenvalue weighted by atomic mass is 9.47. The van der Waals surface area contributed by atoms with Crippen LogP contribution in [0, 0.1) is 46.3 Å². The van der Waals surface area contributed by atoms with Crippen LogP contribution < -0.4 is 0 Å². The summed E-state index contributed by atoms with van der Waals surface area (Å²) >= 11 is 0. The molecule has 1 N–H and O–H groups in total. The summed E-state index contributed by atoms with van der Waals surface area (Å²) in [5.41, 5.74) is 2.64. The molecule has 0 heterocycles. The predicted octanol–water partition coefficient (Wildman–Crippen LogP) is 7.50.